The van der Waals surface area contributed by atoms with Crippen LogP contribution in [0.3, 0.4) is 0 Å². The van der Waals surface area contributed by atoms with Crippen LogP contribution < -0.4 is 30.0 Å². The molecule has 1 aromatic carbocycles. The highest BCUT2D eigenvalue weighted by Crippen LogP contribution is 2.51. The smallest absolute Gasteiger partial charge is 0.493 e. The van der Waals surface area contributed by atoms with Gasteiger partial charge >= 0.3 is 6.29 Å². The van der Waals surface area contributed by atoms with Crippen molar-refractivity contribution in [2.24, 2.45) is 11.7 Å². The second-order valence-corrected chi connectivity index (χ2v) is 12.9. The number of ether oxygens (including phenoxy) is 4. The van der Waals surface area contributed by atoms with E-state index >= 15 is 0 Å². The van der Waals surface area contributed by atoms with Crippen LogP contribution in [0.25, 0.3) is 16.9 Å². The summed E-state index contributed by atoms with van der Waals surface area (Å²) in [5.41, 5.74) is 5.84. The molecule has 0 spiro atoms. The van der Waals surface area contributed by atoms with Gasteiger partial charge in [0, 0.05) is 29.4 Å². The number of nitrogens with one attached hydrogen (secondary N) is 1. The van der Waals surface area contributed by atoms with E-state index in [-0.39, 0.29) is 47.7 Å². The molecule has 3 aromatic heterocycles. The summed E-state index contributed by atoms with van der Waals surface area (Å²) in [5.74, 6) is -0.630. The number of methoxy groups -OCH3 is 1. The molecule has 4 aromatic rings. The number of fused-ring (bicyclic) bond motifs is 3. The van der Waals surface area contributed by atoms with Gasteiger partial charge in [0.15, 0.2) is 22.9 Å². The lowest BCUT2D eigenvalue weighted by Gasteiger charge is -2.30. The molecular weight excluding hydrogens is 616 g/mol. The molecule has 2 saturated carbocycles. The molecular formula is C33H31F2N5O7. The van der Waals surface area contributed by atoms with Crippen molar-refractivity contribution in [1.82, 2.24) is 19.7 Å². The Balaban J connectivity index is 1.16. The molecule has 8 rings (SSSR count). The highest BCUT2D eigenvalue weighted by atomic mass is 19.3. The van der Waals surface area contributed by atoms with Gasteiger partial charge in [-0.3, -0.25) is 9.59 Å². The van der Waals surface area contributed by atoms with Gasteiger partial charge < -0.3 is 39.5 Å². The maximum atomic E-state index is 13.8. The predicted octanol–water partition coefficient (Wildman–Crippen LogP) is 3.77. The molecule has 4 aliphatic rings. The van der Waals surface area contributed by atoms with E-state index in [4.69, 9.17) is 20.2 Å². The van der Waals surface area contributed by atoms with E-state index in [0.29, 0.717) is 46.8 Å². The SMILES string of the molecule is COc1cc(C(=O)NCC(O)(c2cc3c(c(-c4ccc5c(c4)OC(F)(F)O5)n2)OC[C@]3(C)C(N)=O)C2CC2)cn2cc(C3CC3)nc12. The number of aromatic nitrogens is 3. The van der Waals surface area contributed by atoms with Crippen molar-refractivity contribution < 1.29 is 42.4 Å². The number of rotatable bonds is 9. The van der Waals surface area contributed by atoms with E-state index in [1.807, 2.05) is 6.20 Å². The third-order valence-electron chi connectivity index (χ3n) is 9.52. The number of hydrogen-bond acceptors (Lipinski definition) is 9. The van der Waals surface area contributed by atoms with Crippen molar-refractivity contribution in [3.8, 4) is 34.3 Å². The third kappa shape index (κ3) is 4.80. The number of nitrogens with two attached hydrogens (primary N) is 1. The number of pyridine rings is 2. The minimum absolute atomic E-state index is 0.0853. The zero-order valence-corrected chi connectivity index (χ0v) is 25.5. The standard InChI is InChI=1S/C33H31F2N5O7/c1-31(30(36)42)15-45-27-20(31)11-25(39-26(27)17-5-8-22-23(9-17)47-33(34,35)46-22)32(43,19-6-7-19)14-37-29(41)18-10-24(44-2)28-38-21(16-3-4-16)13-40(28)12-18/h5,8-13,16,19,43H,3-4,6-7,14-15H2,1-2H3,(H2,36,42)(H,37,41)/t31-,32?/m0/s1. The topological polar surface area (TPSA) is 160 Å². The van der Waals surface area contributed by atoms with Gasteiger partial charge in [-0.1, -0.05) is 0 Å². The average Bonchev–Trinajstić information content (AvgIpc) is 3.97. The summed E-state index contributed by atoms with van der Waals surface area (Å²) in [6.07, 6.45) is 3.24. The summed E-state index contributed by atoms with van der Waals surface area (Å²) in [6, 6.07) is 7.35. The van der Waals surface area contributed by atoms with Crippen LogP contribution >= 0.6 is 0 Å². The summed E-state index contributed by atoms with van der Waals surface area (Å²) in [5, 5.41) is 15.1. The van der Waals surface area contributed by atoms with Gasteiger partial charge in [0.05, 0.1) is 30.6 Å². The van der Waals surface area contributed by atoms with E-state index in [1.54, 1.807) is 29.7 Å². The van der Waals surface area contributed by atoms with Gasteiger partial charge in [-0.05, 0) is 68.9 Å². The fraction of sp³-hybridized carbons (Fsp3) is 0.394. The molecule has 14 heteroatoms. The number of aliphatic hydroxyl groups is 1. The number of carbonyl (C=O) groups excluding carboxylic acids is 2. The number of imidazole rings is 1. The highest BCUT2D eigenvalue weighted by molar-refractivity contribution is 5.95. The van der Waals surface area contributed by atoms with Crippen molar-refractivity contribution in [2.75, 3.05) is 20.3 Å². The molecule has 4 N–H and O–H groups in total. The lowest BCUT2D eigenvalue weighted by atomic mass is 9.81. The van der Waals surface area contributed by atoms with Crippen molar-refractivity contribution in [1.29, 1.82) is 0 Å². The predicted molar refractivity (Wildman–Crippen MR) is 161 cm³/mol. The molecule has 12 nitrogen and oxygen atoms in total. The summed E-state index contributed by atoms with van der Waals surface area (Å²) in [6.45, 7) is 1.33. The second-order valence-electron chi connectivity index (χ2n) is 12.9. The normalized spacial score (nSPS) is 22.0. The van der Waals surface area contributed by atoms with Crippen LogP contribution in [0.5, 0.6) is 23.0 Å². The fourth-order valence-electron chi connectivity index (χ4n) is 6.36. The van der Waals surface area contributed by atoms with Crippen LogP contribution in [0, 0.1) is 5.92 Å². The highest BCUT2D eigenvalue weighted by Gasteiger charge is 2.50. The summed E-state index contributed by atoms with van der Waals surface area (Å²) < 4.78 is 50.1. The minimum Gasteiger partial charge on any atom is -0.493 e. The quantitative estimate of drug-likeness (QED) is 0.246. The Hall–Kier alpha value is -4.98. The molecule has 244 valence electrons. The first-order chi connectivity index (χ1) is 22.4. The van der Waals surface area contributed by atoms with Crippen LogP contribution in [0.15, 0.2) is 42.7 Å². The third-order valence-corrected chi connectivity index (χ3v) is 9.52. The summed E-state index contributed by atoms with van der Waals surface area (Å²) in [7, 11) is 1.51. The molecule has 2 atom stereocenters. The number of hydrogen-bond donors (Lipinski definition) is 3. The Bertz CT molecular complexity index is 1990. The minimum atomic E-state index is -3.82. The molecule has 0 bridgehead atoms. The molecule has 1 unspecified atom stereocenters. The number of primary amides is 1. The van der Waals surface area contributed by atoms with Crippen LogP contribution in [-0.2, 0) is 15.8 Å². The van der Waals surface area contributed by atoms with Gasteiger partial charge in [-0.2, -0.15) is 0 Å². The fourth-order valence-corrected chi connectivity index (χ4v) is 6.36. The number of alkyl halides is 2. The molecule has 2 amide bonds. The van der Waals surface area contributed by atoms with E-state index in [0.717, 1.165) is 18.5 Å². The molecule has 2 aliphatic carbocycles. The Labute approximate surface area is 266 Å². The maximum Gasteiger partial charge on any atom is 0.586 e. The Kier molecular flexibility index (Phi) is 6.27. The second kappa shape index (κ2) is 10.0. The van der Waals surface area contributed by atoms with Crippen LogP contribution in [0.1, 0.15) is 65.8 Å². The summed E-state index contributed by atoms with van der Waals surface area (Å²) in [4.78, 5) is 35.7. The summed E-state index contributed by atoms with van der Waals surface area (Å²) >= 11 is 0. The zero-order chi connectivity index (χ0) is 32.9. The average molecular weight is 648 g/mol. The van der Waals surface area contributed by atoms with Crippen molar-refractivity contribution in [2.45, 2.75) is 55.8 Å². The van der Waals surface area contributed by atoms with Crippen LogP contribution in [0.4, 0.5) is 8.78 Å². The number of halogens is 2. The molecule has 47 heavy (non-hydrogen) atoms. The lowest BCUT2D eigenvalue weighted by Crippen LogP contribution is -2.44. The van der Waals surface area contributed by atoms with Gasteiger partial charge in [-0.25, -0.2) is 9.97 Å². The Morgan fingerprint density at radius 3 is 2.60 bits per heavy atom. The number of nitrogens with zero attached hydrogens (tertiary/aromatic N) is 3. The largest absolute Gasteiger partial charge is 0.586 e. The van der Waals surface area contributed by atoms with Gasteiger partial charge in [0.2, 0.25) is 5.91 Å². The van der Waals surface area contributed by atoms with Crippen molar-refractivity contribution in [3.05, 3.63) is 65.2 Å². The number of carbonyl (C=O) groups is 2. The molecule has 2 fully saturated rings. The Morgan fingerprint density at radius 1 is 1.13 bits per heavy atom. The lowest BCUT2D eigenvalue weighted by molar-refractivity contribution is -0.286. The van der Waals surface area contributed by atoms with Crippen LogP contribution in [-0.4, -0.2) is 57.8 Å². The maximum absolute atomic E-state index is 13.8. The molecule has 5 heterocycles. The number of amides is 2. The van der Waals surface area contributed by atoms with E-state index in [1.165, 1.54) is 25.3 Å². The van der Waals surface area contributed by atoms with Gasteiger partial charge in [-0.15, -0.1) is 8.78 Å². The molecule has 0 radical (unpaired) electrons. The van der Waals surface area contributed by atoms with E-state index in [2.05, 4.69) is 19.8 Å². The Morgan fingerprint density at radius 2 is 1.89 bits per heavy atom. The van der Waals surface area contributed by atoms with E-state index in [9.17, 15) is 23.5 Å². The van der Waals surface area contributed by atoms with Gasteiger partial charge in [0.25, 0.3) is 5.91 Å². The first-order valence-corrected chi connectivity index (χ1v) is 15.3. The number of benzene rings is 1. The monoisotopic (exact) mass is 647 g/mol. The van der Waals surface area contributed by atoms with Crippen molar-refractivity contribution >= 4 is 17.5 Å². The molecule has 2 aliphatic heterocycles. The van der Waals surface area contributed by atoms with Crippen LogP contribution in [0.2, 0.25) is 0 Å². The first kappa shape index (κ1) is 29.4. The first-order valence-electron chi connectivity index (χ1n) is 15.3. The zero-order valence-electron chi connectivity index (χ0n) is 25.5. The van der Waals surface area contributed by atoms with Crippen molar-refractivity contribution in [3.63, 3.8) is 0 Å². The van der Waals surface area contributed by atoms with Gasteiger partial charge in [0.1, 0.15) is 29.1 Å². The molecule has 0 saturated heterocycles. The van der Waals surface area contributed by atoms with E-state index < -0.39 is 29.1 Å².